The highest BCUT2D eigenvalue weighted by Gasteiger charge is 2.19. The van der Waals surface area contributed by atoms with Gasteiger partial charge < -0.3 is 9.13 Å². The first kappa shape index (κ1) is 31.0. The van der Waals surface area contributed by atoms with Gasteiger partial charge in [0.15, 0.2) is 10.9 Å². The van der Waals surface area contributed by atoms with Crippen LogP contribution in [0.1, 0.15) is 39.5 Å². The summed E-state index contributed by atoms with van der Waals surface area (Å²) in [6.07, 6.45) is 4.00. The van der Waals surface area contributed by atoms with Gasteiger partial charge in [-0.15, -0.1) is 22.7 Å². The number of thiophene rings is 2. The van der Waals surface area contributed by atoms with Crippen molar-refractivity contribution >= 4 is 86.5 Å². The molecule has 4 aromatic heterocycles. The molecule has 0 bridgehead atoms. The zero-order valence-corrected chi connectivity index (χ0v) is 29.8. The maximum Gasteiger partial charge on any atom is 0.197 e. The van der Waals surface area contributed by atoms with E-state index in [-0.39, 0.29) is 10.9 Å². The lowest BCUT2D eigenvalue weighted by Gasteiger charge is -2.19. The minimum atomic E-state index is 0.0160. The Morgan fingerprint density at radius 2 is 0.900 bits per heavy atom. The average molecular weight is 689 g/mol. The number of unbranched alkanes of at least 4 members (excludes halogenated alkanes) is 2. The van der Waals surface area contributed by atoms with Gasteiger partial charge in [-0.2, -0.15) is 0 Å². The van der Waals surface area contributed by atoms with Gasteiger partial charge >= 0.3 is 0 Å². The first-order valence-electron chi connectivity index (χ1n) is 17.6. The Balaban J connectivity index is 1.31. The molecule has 4 heterocycles. The molecule has 0 spiro atoms. The number of pyridine rings is 2. The maximum atomic E-state index is 14.6. The lowest BCUT2D eigenvalue weighted by Crippen LogP contribution is -2.16. The zero-order valence-electron chi connectivity index (χ0n) is 28.2. The number of nitrogens with zero attached hydrogens (tertiary/aromatic N) is 2. The van der Waals surface area contributed by atoms with Crippen molar-refractivity contribution in [3.63, 3.8) is 0 Å². The molecule has 0 fully saturated rings. The third-order valence-electron chi connectivity index (χ3n) is 10.1. The molecule has 6 heteroatoms. The molecule has 246 valence electrons. The molecular weight excluding hydrogens is 653 g/mol. The van der Waals surface area contributed by atoms with Crippen LogP contribution < -0.4 is 10.9 Å². The molecule has 0 aliphatic carbocycles. The highest BCUT2D eigenvalue weighted by Crippen LogP contribution is 2.37. The van der Waals surface area contributed by atoms with Gasteiger partial charge in [-0.25, -0.2) is 0 Å². The Morgan fingerprint density at radius 1 is 0.480 bits per heavy atom. The van der Waals surface area contributed by atoms with Crippen LogP contribution in [0.4, 0.5) is 0 Å². The van der Waals surface area contributed by atoms with Crippen LogP contribution in [-0.2, 0) is 13.1 Å². The second kappa shape index (κ2) is 12.4. The Bertz CT molecular complexity index is 2640. The van der Waals surface area contributed by atoms with Crippen LogP contribution in [0.3, 0.4) is 0 Å². The van der Waals surface area contributed by atoms with E-state index in [0.29, 0.717) is 10.8 Å². The second-order valence-corrected chi connectivity index (χ2v) is 15.5. The third kappa shape index (κ3) is 5.00. The Kier molecular flexibility index (Phi) is 7.67. The Labute approximate surface area is 297 Å². The van der Waals surface area contributed by atoms with Gasteiger partial charge in [-0.3, -0.25) is 9.59 Å². The fourth-order valence-electron chi connectivity index (χ4n) is 7.51. The van der Waals surface area contributed by atoms with Gasteiger partial charge in [0.05, 0.1) is 22.1 Å². The van der Waals surface area contributed by atoms with Crippen LogP contribution in [0.2, 0.25) is 0 Å². The molecule has 9 aromatic rings. The number of benzene rings is 5. The van der Waals surface area contributed by atoms with E-state index in [4.69, 9.17) is 0 Å². The molecule has 0 N–H and O–H groups in total. The molecule has 50 heavy (non-hydrogen) atoms. The summed E-state index contributed by atoms with van der Waals surface area (Å²) >= 11 is 3.51. The highest BCUT2D eigenvalue weighted by atomic mass is 32.1. The SMILES string of the molecule is CCCCn1c2ccc(-c3cc4ccccc4s3)cc2c(=O)c2cc3c(cc21)c(=O)c1cc(-c2cc4ccccc4s2)ccc1n3CCCC. The van der Waals surface area contributed by atoms with Crippen LogP contribution in [0.15, 0.2) is 119 Å². The molecule has 0 radical (unpaired) electrons. The molecule has 9 rings (SSSR count). The first-order valence-corrected chi connectivity index (χ1v) is 19.2. The van der Waals surface area contributed by atoms with E-state index in [2.05, 4.69) is 120 Å². The second-order valence-electron chi connectivity index (χ2n) is 13.3. The van der Waals surface area contributed by atoms with E-state index in [1.54, 1.807) is 22.7 Å². The standard InChI is InChI=1S/C44H36N2O2S2/c1-3-5-19-45-35-17-15-29(41-23-27-11-7-9-13-39(27)49-41)21-31(35)43(47)33-26-38-34(25-37(33)45)44(48)32-22-30(16-18-36(32)46(38)20-6-4-2)42-24-28-12-8-10-14-40(28)50-42/h7-18,21-26H,3-6,19-20H2,1-2H3. The number of aromatic nitrogens is 2. The van der Waals surface area contributed by atoms with Crippen molar-refractivity contribution in [2.75, 3.05) is 0 Å². The Hall–Kier alpha value is -5.04. The van der Waals surface area contributed by atoms with Crippen LogP contribution in [0.5, 0.6) is 0 Å². The lowest BCUT2D eigenvalue weighted by atomic mass is 10.0. The normalized spacial score (nSPS) is 12.0. The van der Waals surface area contributed by atoms with Crippen molar-refractivity contribution < 1.29 is 0 Å². The number of aryl methyl sites for hydroxylation is 2. The van der Waals surface area contributed by atoms with E-state index >= 15 is 0 Å². The third-order valence-corrected chi connectivity index (χ3v) is 12.5. The van der Waals surface area contributed by atoms with Crippen LogP contribution >= 0.6 is 22.7 Å². The molecule has 0 saturated carbocycles. The fourth-order valence-corrected chi connectivity index (χ4v) is 9.63. The fraction of sp³-hybridized carbons (Fsp3) is 0.182. The monoisotopic (exact) mass is 688 g/mol. The molecule has 0 amide bonds. The highest BCUT2D eigenvalue weighted by molar-refractivity contribution is 7.22. The molecule has 0 saturated heterocycles. The van der Waals surface area contributed by atoms with Crippen LogP contribution in [-0.4, -0.2) is 9.13 Å². The first-order chi connectivity index (χ1) is 24.5. The van der Waals surface area contributed by atoms with Crippen molar-refractivity contribution in [3.8, 4) is 20.9 Å². The van der Waals surface area contributed by atoms with Gasteiger partial charge in [0.1, 0.15) is 0 Å². The quantitative estimate of drug-likeness (QED) is 0.149. The summed E-state index contributed by atoms with van der Waals surface area (Å²) in [5.41, 5.74) is 5.63. The van der Waals surface area contributed by atoms with Gasteiger partial charge in [0, 0.05) is 53.8 Å². The van der Waals surface area contributed by atoms with Gasteiger partial charge in [-0.05, 0) is 95.4 Å². The predicted molar refractivity (Wildman–Crippen MR) is 216 cm³/mol. The van der Waals surface area contributed by atoms with Gasteiger partial charge in [0.25, 0.3) is 0 Å². The van der Waals surface area contributed by atoms with Crippen molar-refractivity contribution in [1.82, 2.24) is 9.13 Å². The van der Waals surface area contributed by atoms with E-state index < -0.39 is 0 Å². The van der Waals surface area contributed by atoms with Crippen molar-refractivity contribution in [2.45, 2.75) is 52.6 Å². The summed E-state index contributed by atoms with van der Waals surface area (Å²) in [6.45, 7) is 5.92. The lowest BCUT2D eigenvalue weighted by molar-refractivity contribution is 0.660. The maximum absolute atomic E-state index is 14.6. The Morgan fingerprint density at radius 3 is 1.32 bits per heavy atom. The molecule has 0 aliphatic rings. The van der Waals surface area contributed by atoms with E-state index in [0.717, 1.165) is 92.5 Å². The summed E-state index contributed by atoms with van der Waals surface area (Å²) in [5.74, 6) is 0. The number of fused-ring (bicyclic) bond motifs is 6. The zero-order chi connectivity index (χ0) is 33.9. The van der Waals surface area contributed by atoms with Crippen molar-refractivity contribution in [2.24, 2.45) is 0 Å². The molecular formula is C44H36N2O2S2. The average Bonchev–Trinajstić information content (AvgIpc) is 3.79. The van der Waals surface area contributed by atoms with Crippen molar-refractivity contribution in [3.05, 3.63) is 130 Å². The molecule has 0 aliphatic heterocycles. The minimum Gasteiger partial charge on any atom is -0.340 e. The van der Waals surface area contributed by atoms with Crippen molar-refractivity contribution in [1.29, 1.82) is 0 Å². The molecule has 5 aromatic carbocycles. The van der Waals surface area contributed by atoms with Crippen LogP contribution in [0, 0.1) is 0 Å². The number of hydrogen-bond acceptors (Lipinski definition) is 4. The summed E-state index contributed by atoms with van der Waals surface area (Å²) < 4.78 is 7.02. The summed E-state index contributed by atoms with van der Waals surface area (Å²) in [4.78, 5) is 31.4. The smallest absolute Gasteiger partial charge is 0.197 e. The topological polar surface area (TPSA) is 44.0 Å². The predicted octanol–water partition coefficient (Wildman–Crippen LogP) is 12.0. The summed E-state index contributed by atoms with van der Waals surface area (Å²) in [6, 6.07) is 37.9. The van der Waals surface area contributed by atoms with E-state index in [9.17, 15) is 9.59 Å². The molecule has 4 nitrogen and oxygen atoms in total. The van der Waals surface area contributed by atoms with Gasteiger partial charge in [0.2, 0.25) is 0 Å². The molecule has 0 atom stereocenters. The minimum absolute atomic E-state index is 0.0160. The van der Waals surface area contributed by atoms with Crippen LogP contribution in [0.25, 0.3) is 84.7 Å². The van der Waals surface area contributed by atoms with Gasteiger partial charge in [-0.1, -0.05) is 75.2 Å². The number of rotatable bonds is 8. The molecule has 0 unspecified atom stereocenters. The summed E-state index contributed by atoms with van der Waals surface area (Å²) in [5, 5.41) is 5.21. The number of hydrogen-bond donors (Lipinski definition) is 0. The van der Waals surface area contributed by atoms with E-state index in [1.165, 1.54) is 20.2 Å². The van der Waals surface area contributed by atoms with E-state index in [1.807, 2.05) is 12.1 Å². The summed E-state index contributed by atoms with van der Waals surface area (Å²) in [7, 11) is 0. The largest absolute Gasteiger partial charge is 0.340 e.